The van der Waals surface area contributed by atoms with Crippen molar-refractivity contribution in [1.82, 2.24) is 20.3 Å². The van der Waals surface area contributed by atoms with Gasteiger partial charge in [-0.1, -0.05) is 19.9 Å². The van der Waals surface area contributed by atoms with Crippen LogP contribution in [0.25, 0.3) is 0 Å². The van der Waals surface area contributed by atoms with Crippen LogP contribution >= 0.6 is 0 Å². The topological polar surface area (TPSA) is 42.7 Å². The van der Waals surface area contributed by atoms with E-state index >= 15 is 0 Å². The van der Waals surface area contributed by atoms with Gasteiger partial charge in [-0.2, -0.15) is 15.0 Å². The van der Waals surface area contributed by atoms with Gasteiger partial charge in [-0.3, -0.25) is 0 Å². The Kier molecular flexibility index (Phi) is 3.49. The first-order chi connectivity index (χ1) is 6.18. The molecule has 1 rings (SSSR count). The number of hydrogen-bond donors (Lipinski definition) is 1. The highest BCUT2D eigenvalue weighted by atomic mass is 15.4. The number of rotatable bonds is 4. The molecular weight excluding hydrogens is 164 g/mol. The highest BCUT2D eigenvalue weighted by Crippen LogP contribution is 1.93. The number of nitrogens with zero attached hydrogens (tertiary/aromatic N) is 3. The van der Waals surface area contributed by atoms with Crippen LogP contribution in [-0.2, 0) is 13.6 Å². The molecule has 0 saturated heterocycles. The van der Waals surface area contributed by atoms with E-state index in [4.69, 9.17) is 0 Å². The average molecular weight is 180 g/mol. The van der Waals surface area contributed by atoms with Crippen molar-refractivity contribution in [1.29, 1.82) is 0 Å². The standard InChI is InChI=1S/C9H16N4/c1-8(2)4-5-10-6-9-7-11-13(3)12-9/h4-5,7-8,10H,6H2,1-3H3/b5-4-. The van der Waals surface area contributed by atoms with Gasteiger partial charge in [0.25, 0.3) is 0 Å². The van der Waals surface area contributed by atoms with Crippen LogP contribution < -0.4 is 5.32 Å². The fourth-order valence-electron chi connectivity index (χ4n) is 0.893. The number of nitrogens with one attached hydrogen (secondary N) is 1. The molecule has 0 bridgehead atoms. The molecule has 0 saturated carbocycles. The molecule has 0 aromatic carbocycles. The van der Waals surface area contributed by atoms with Crippen LogP contribution in [0.4, 0.5) is 0 Å². The molecule has 0 amide bonds. The van der Waals surface area contributed by atoms with Gasteiger partial charge in [-0.25, -0.2) is 0 Å². The molecule has 4 heteroatoms. The van der Waals surface area contributed by atoms with E-state index in [1.54, 1.807) is 11.0 Å². The molecule has 0 spiro atoms. The van der Waals surface area contributed by atoms with Crippen LogP contribution in [0.3, 0.4) is 0 Å². The Hall–Kier alpha value is -1.32. The normalized spacial score (nSPS) is 11.4. The summed E-state index contributed by atoms with van der Waals surface area (Å²) in [7, 11) is 1.81. The van der Waals surface area contributed by atoms with Crippen molar-refractivity contribution >= 4 is 0 Å². The van der Waals surface area contributed by atoms with E-state index in [-0.39, 0.29) is 0 Å². The Labute approximate surface area is 78.6 Å². The highest BCUT2D eigenvalue weighted by Gasteiger charge is 1.94. The second kappa shape index (κ2) is 4.64. The molecule has 0 fully saturated rings. The maximum atomic E-state index is 4.14. The fourth-order valence-corrected chi connectivity index (χ4v) is 0.893. The first kappa shape index (κ1) is 9.77. The van der Waals surface area contributed by atoms with Crippen molar-refractivity contribution in [2.75, 3.05) is 0 Å². The van der Waals surface area contributed by atoms with E-state index in [0.717, 1.165) is 12.2 Å². The first-order valence-electron chi connectivity index (χ1n) is 4.43. The van der Waals surface area contributed by atoms with Gasteiger partial charge in [-0.05, 0) is 12.1 Å². The Morgan fingerprint density at radius 2 is 2.38 bits per heavy atom. The lowest BCUT2D eigenvalue weighted by Gasteiger charge is -1.97. The molecule has 4 nitrogen and oxygen atoms in total. The molecule has 0 aliphatic rings. The molecular formula is C9H16N4. The van der Waals surface area contributed by atoms with Crippen molar-refractivity contribution in [2.45, 2.75) is 20.4 Å². The third-order valence-corrected chi connectivity index (χ3v) is 1.53. The molecule has 1 aromatic rings. The number of aromatic nitrogens is 3. The van der Waals surface area contributed by atoms with E-state index in [9.17, 15) is 0 Å². The second-order valence-corrected chi connectivity index (χ2v) is 3.31. The van der Waals surface area contributed by atoms with Crippen molar-refractivity contribution < 1.29 is 0 Å². The average Bonchev–Trinajstić information content (AvgIpc) is 2.45. The molecule has 1 aromatic heterocycles. The van der Waals surface area contributed by atoms with Crippen LogP contribution in [0.5, 0.6) is 0 Å². The summed E-state index contributed by atoms with van der Waals surface area (Å²) in [6.07, 6.45) is 5.83. The summed E-state index contributed by atoms with van der Waals surface area (Å²) in [4.78, 5) is 1.56. The zero-order valence-corrected chi connectivity index (χ0v) is 8.36. The molecule has 0 radical (unpaired) electrons. The van der Waals surface area contributed by atoms with Gasteiger partial charge in [0.2, 0.25) is 0 Å². The largest absolute Gasteiger partial charge is 0.385 e. The van der Waals surface area contributed by atoms with Crippen LogP contribution in [-0.4, -0.2) is 15.0 Å². The summed E-state index contributed by atoms with van der Waals surface area (Å²) in [6.45, 7) is 5.01. The van der Waals surface area contributed by atoms with Crippen LogP contribution in [0.1, 0.15) is 19.5 Å². The summed E-state index contributed by atoms with van der Waals surface area (Å²) in [5, 5.41) is 11.3. The minimum Gasteiger partial charge on any atom is -0.385 e. The summed E-state index contributed by atoms with van der Waals surface area (Å²) in [5.41, 5.74) is 0.955. The molecule has 0 atom stereocenters. The van der Waals surface area contributed by atoms with Gasteiger partial charge in [0.15, 0.2) is 0 Å². The quantitative estimate of drug-likeness (QED) is 0.753. The molecule has 72 valence electrons. The molecule has 0 aliphatic carbocycles. The Bertz CT molecular complexity index is 275. The molecule has 1 heterocycles. The highest BCUT2D eigenvalue weighted by molar-refractivity contribution is 4.92. The number of hydrogen-bond acceptors (Lipinski definition) is 3. The van der Waals surface area contributed by atoms with Crippen molar-refractivity contribution in [2.24, 2.45) is 13.0 Å². The smallest absolute Gasteiger partial charge is 0.102 e. The molecule has 0 unspecified atom stereocenters. The summed E-state index contributed by atoms with van der Waals surface area (Å²) in [5.74, 6) is 0.578. The third-order valence-electron chi connectivity index (χ3n) is 1.53. The third kappa shape index (κ3) is 3.73. The van der Waals surface area contributed by atoms with Crippen molar-refractivity contribution in [3.8, 4) is 0 Å². The van der Waals surface area contributed by atoms with E-state index in [1.165, 1.54) is 0 Å². The van der Waals surface area contributed by atoms with E-state index in [1.807, 2.05) is 13.2 Å². The van der Waals surface area contributed by atoms with Gasteiger partial charge in [0.1, 0.15) is 5.69 Å². The Morgan fingerprint density at radius 3 is 2.92 bits per heavy atom. The lowest BCUT2D eigenvalue weighted by Crippen LogP contribution is -2.06. The second-order valence-electron chi connectivity index (χ2n) is 3.31. The summed E-state index contributed by atoms with van der Waals surface area (Å²) in [6, 6.07) is 0. The lowest BCUT2D eigenvalue weighted by atomic mass is 10.2. The van der Waals surface area contributed by atoms with E-state index < -0.39 is 0 Å². The fraction of sp³-hybridized carbons (Fsp3) is 0.556. The van der Waals surface area contributed by atoms with Crippen molar-refractivity contribution in [3.63, 3.8) is 0 Å². The number of aryl methyl sites for hydroxylation is 1. The lowest BCUT2D eigenvalue weighted by molar-refractivity contribution is 0.640. The van der Waals surface area contributed by atoms with Crippen molar-refractivity contribution in [3.05, 3.63) is 24.2 Å². The van der Waals surface area contributed by atoms with Gasteiger partial charge in [0.05, 0.1) is 12.7 Å². The maximum Gasteiger partial charge on any atom is 0.102 e. The summed E-state index contributed by atoms with van der Waals surface area (Å²) >= 11 is 0. The van der Waals surface area contributed by atoms with E-state index in [0.29, 0.717) is 5.92 Å². The Balaban J connectivity index is 2.27. The first-order valence-corrected chi connectivity index (χ1v) is 4.43. The predicted octanol–water partition coefficient (Wildman–Crippen LogP) is 1.07. The van der Waals surface area contributed by atoms with Gasteiger partial charge in [-0.15, -0.1) is 0 Å². The van der Waals surface area contributed by atoms with Crippen LogP contribution in [0.15, 0.2) is 18.5 Å². The zero-order chi connectivity index (χ0) is 9.68. The zero-order valence-electron chi connectivity index (χ0n) is 8.36. The Morgan fingerprint density at radius 1 is 1.62 bits per heavy atom. The molecule has 13 heavy (non-hydrogen) atoms. The van der Waals surface area contributed by atoms with Crippen LogP contribution in [0, 0.1) is 5.92 Å². The minimum atomic E-state index is 0.578. The van der Waals surface area contributed by atoms with E-state index in [2.05, 4.69) is 35.4 Å². The molecule has 0 aliphatic heterocycles. The molecule has 1 N–H and O–H groups in total. The van der Waals surface area contributed by atoms with Gasteiger partial charge >= 0.3 is 0 Å². The SMILES string of the molecule is CC(C)/C=C\NCc1cnn(C)n1. The maximum absolute atomic E-state index is 4.14. The van der Waals surface area contributed by atoms with Crippen LogP contribution in [0.2, 0.25) is 0 Å². The van der Waals surface area contributed by atoms with Gasteiger partial charge in [0, 0.05) is 7.05 Å². The predicted molar refractivity (Wildman–Crippen MR) is 51.8 cm³/mol. The minimum absolute atomic E-state index is 0.578. The monoisotopic (exact) mass is 180 g/mol. The summed E-state index contributed by atoms with van der Waals surface area (Å²) < 4.78 is 0. The van der Waals surface area contributed by atoms with Gasteiger partial charge < -0.3 is 5.32 Å². The number of allylic oxidation sites excluding steroid dienone is 1.